The highest BCUT2D eigenvalue weighted by Crippen LogP contribution is 2.41. The van der Waals surface area contributed by atoms with Gasteiger partial charge in [-0.2, -0.15) is 0 Å². The predicted molar refractivity (Wildman–Crippen MR) is 136 cm³/mol. The third kappa shape index (κ3) is 5.11. The first kappa shape index (κ1) is 22.7. The summed E-state index contributed by atoms with van der Waals surface area (Å²) in [5, 5.41) is 0.743. The van der Waals surface area contributed by atoms with Crippen LogP contribution in [0.15, 0.2) is 62.9 Å². The monoisotopic (exact) mass is 508 g/mol. The lowest BCUT2D eigenvalue weighted by atomic mass is 9.85. The highest BCUT2D eigenvalue weighted by atomic mass is 79.9. The smallest absolute Gasteiger partial charge is 0.267 e. The summed E-state index contributed by atoms with van der Waals surface area (Å²) in [4.78, 5) is 21.1. The number of thioether (sulfide) groups is 1. The molecule has 2 atom stereocenters. The van der Waals surface area contributed by atoms with E-state index < -0.39 is 0 Å². The maximum atomic E-state index is 13.6. The quantitative estimate of drug-likeness (QED) is 0.335. The predicted octanol–water partition coefficient (Wildman–Crippen LogP) is 6.64. The maximum Gasteiger partial charge on any atom is 0.267 e. The van der Waals surface area contributed by atoms with Crippen molar-refractivity contribution >= 4 is 50.5 Å². The van der Waals surface area contributed by atoms with Crippen LogP contribution in [0.25, 0.3) is 6.08 Å². The van der Waals surface area contributed by atoms with E-state index in [1.165, 1.54) is 18.2 Å². The van der Waals surface area contributed by atoms with Gasteiger partial charge >= 0.3 is 0 Å². The SMILES string of the molecule is C#CCOc1ccc(Br)cc1/C=C1\SC(=Nc2ccccc2)N([C@H]2CCCC[C@H]2C)C1=O. The minimum atomic E-state index is 0.00584. The summed E-state index contributed by atoms with van der Waals surface area (Å²) in [7, 11) is 0. The Bertz CT molecular complexity index is 1090. The van der Waals surface area contributed by atoms with Crippen molar-refractivity contribution in [1.29, 1.82) is 0 Å². The average Bonchev–Trinajstić information content (AvgIpc) is 3.09. The van der Waals surface area contributed by atoms with Crippen molar-refractivity contribution < 1.29 is 9.53 Å². The molecule has 1 aliphatic heterocycles. The second-order valence-corrected chi connectivity index (χ2v) is 9.94. The van der Waals surface area contributed by atoms with Crippen LogP contribution >= 0.6 is 27.7 Å². The van der Waals surface area contributed by atoms with Gasteiger partial charge in [-0.15, -0.1) is 6.42 Å². The van der Waals surface area contributed by atoms with Crippen LogP contribution in [-0.4, -0.2) is 28.6 Å². The van der Waals surface area contributed by atoms with Crippen LogP contribution in [0, 0.1) is 18.3 Å². The number of amides is 1. The first-order valence-electron chi connectivity index (χ1n) is 10.8. The molecule has 2 aliphatic rings. The number of ether oxygens (including phenoxy) is 1. The Morgan fingerprint density at radius 1 is 1.25 bits per heavy atom. The van der Waals surface area contributed by atoms with Gasteiger partial charge in [-0.1, -0.05) is 59.8 Å². The van der Waals surface area contributed by atoms with Crippen molar-refractivity contribution in [3.63, 3.8) is 0 Å². The van der Waals surface area contributed by atoms with Crippen molar-refractivity contribution in [2.24, 2.45) is 10.9 Å². The molecule has 0 aromatic heterocycles. The Labute approximate surface area is 202 Å². The molecule has 0 N–H and O–H groups in total. The van der Waals surface area contributed by atoms with Gasteiger partial charge in [0.15, 0.2) is 5.17 Å². The number of benzene rings is 2. The van der Waals surface area contributed by atoms with Crippen LogP contribution in [-0.2, 0) is 4.79 Å². The average molecular weight is 509 g/mol. The van der Waals surface area contributed by atoms with Crippen molar-refractivity contribution in [2.75, 3.05) is 6.61 Å². The lowest BCUT2D eigenvalue weighted by Crippen LogP contribution is -2.44. The number of carbonyl (C=O) groups is 1. The Hall–Kier alpha value is -2.49. The lowest BCUT2D eigenvalue weighted by molar-refractivity contribution is -0.124. The molecule has 1 amide bonds. The number of rotatable bonds is 5. The van der Waals surface area contributed by atoms with E-state index in [-0.39, 0.29) is 18.6 Å². The number of nitrogens with zero attached hydrogens (tertiary/aromatic N) is 2. The fourth-order valence-electron chi connectivity index (χ4n) is 4.17. The third-order valence-corrected chi connectivity index (χ3v) is 7.26. The molecule has 1 heterocycles. The molecule has 6 heteroatoms. The van der Waals surface area contributed by atoms with Crippen molar-refractivity contribution in [2.45, 2.75) is 38.6 Å². The van der Waals surface area contributed by atoms with Gasteiger partial charge in [-0.25, -0.2) is 4.99 Å². The molecule has 2 fully saturated rings. The van der Waals surface area contributed by atoms with E-state index >= 15 is 0 Å². The Kier molecular flexibility index (Phi) is 7.39. The molecular formula is C26H25BrN2O2S. The van der Waals surface area contributed by atoms with Crippen LogP contribution in [0.5, 0.6) is 5.75 Å². The molecule has 0 bridgehead atoms. The van der Waals surface area contributed by atoms with E-state index in [0.717, 1.165) is 40.2 Å². The van der Waals surface area contributed by atoms with Crippen molar-refractivity contribution in [3.05, 3.63) is 63.5 Å². The van der Waals surface area contributed by atoms with Gasteiger partial charge in [0, 0.05) is 16.1 Å². The van der Waals surface area contributed by atoms with E-state index in [1.807, 2.05) is 59.5 Å². The fraction of sp³-hybridized carbons (Fsp3) is 0.308. The number of terminal acetylenes is 1. The minimum Gasteiger partial charge on any atom is -0.480 e. The summed E-state index contributed by atoms with van der Waals surface area (Å²) in [6, 6.07) is 15.7. The lowest BCUT2D eigenvalue weighted by Gasteiger charge is -2.35. The normalized spacial score (nSPS) is 23.5. The Morgan fingerprint density at radius 3 is 2.78 bits per heavy atom. The van der Waals surface area contributed by atoms with Crippen LogP contribution in [0.4, 0.5) is 5.69 Å². The topological polar surface area (TPSA) is 41.9 Å². The van der Waals surface area contributed by atoms with Gasteiger partial charge in [0.05, 0.1) is 10.6 Å². The molecule has 4 nitrogen and oxygen atoms in total. The van der Waals surface area contributed by atoms with Gasteiger partial charge < -0.3 is 4.74 Å². The molecule has 1 saturated carbocycles. The summed E-state index contributed by atoms with van der Waals surface area (Å²) in [5.41, 5.74) is 1.65. The summed E-state index contributed by atoms with van der Waals surface area (Å²) < 4.78 is 6.61. The molecule has 2 aromatic rings. The van der Waals surface area contributed by atoms with E-state index in [2.05, 4.69) is 28.8 Å². The van der Waals surface area contributed by atoms with E-state index in [0.29, 0.717) is 16.6 Å². The van der Waals surface area contributed by atoms with Crippen molar-refractivity contribution in [3.8, 4) is 18.1 Å². The standard InChI is InChI=1S/C26H25BrN2O2S/c1-3-15-31-23-14-13-20(27)16-19(23)17-24-25(30)29(22-12-8-7-9-18(22)2)26(32-24)28-21-10-5-4-6-11-21/h1,4-6,10-11,13-14,16-18,22H,7-9,12,15H2,2H3/b24-17-,28-26?/t18-,22+/m1/s1. The molecule has 0 radical (unpaired) electrons. The Balaban J connectivity index is 1.73. The molecular weight excluding hydrogens is 484 g/mol. The van der Waals surface area contributed by atoms with Gasteiger partial charge in [-0.05, 0) is 66.9 Å². The highest BCUT2D eigenvalue weighted by Gasteiger charge is 2.41. The molecule has 1 aliphatic carbocycles. The van der Waals surface area contributed by atoms with Crippen LogP contribution in [0.1, 0.15) is 38.2 Å². The number of aliphatic imine (C=N–C) groups is 1. The van der Waals surface area contributed by atoms with Crippen LogP contribution in [0.2, 0.25) is 0 Å². The van der Waals surface area contributed by atoms with Gasteiger partial charge in [0.1, 0.15) is 12.4 Å². The first-order valence-corrected chi connectivity index (χ1v) is 12.4. The number of hydrogen-bond acceptors (Lipinski definition) is 4. The van der Waals surface area contributed by atoms with Gasteiger partial charge in [-0.3, -0.25) is 9.69 Å². The largest absolute Gasteiger partial charge is 0.480 e. The fourth-order valence-corrected chi connectivity index (χ4v) is 5.59. The number of carbonyl (C=O) groups excluding carboxylic acids is 1. The second kappa shape index (κ2) is 10.4. The maximum absolute atomic E-state index is 13.6. The van der Waals surface area contributed by atoms with Crippen molar-refractivity contribution in [1.82, 2.24) is 4.90 Å². The number of para-hydroxylation sites is 1. The van der Waals surface area contributed by atoms with Crippen LogP contribution < -0.4 is 4.74 Å². The zero-order valence-corrected chi connectivity index (χ0v) is 20.4. The van der Waals surface area contributed by atoms with Gasteiger partial charge in [0.25, 0.3) is 5.91 Å². The van der Waals surface area contributed by atoms with E-state index in [1.54, 1.807) is 0 Å². The summed E-state index contributed by atoms with van der Waals surface area (Å²) in [6.45, 7) is 2.41. The minimum absolute atomic E-state index is 0.00584. The highest BCUT2D eigenvalue weighted by molar-refractivity contribution is 9.10. The molecule has 2 aromatic carbocycles. The molecule has 0 unspecified atom stereocenters. The molecule has 0 spiro atoms. The van der Waals surface area contributed by atoms with Gasteiger partial charge in [0.2, 0.25) is 0 Å². The van der Waals surface area contributed by atoms with Crippen LogP contribution in [0.3, 0.4) is 0 Å². The summed E-state index contributed by atoms with van der Waals surface area (Å²) in [6.07, 6.45) is 11.7. The molecule has 32 heavy (non-hydrogen) atoms. The molecule has 1 saturated heterocycles. The summed E-state index contributed by atoms with van der Waals surface area (Å²) >= 11 is 4.94. The van der Waals surface area contributed by atoms with E-state index in [4.69, 9.17) is 16.2 Å². The number of amidine groups is 1. The summed E-state index contributed by atoms with van der Waals surface area (Å²) in [5.74, 6) is 3.59. The molecule has 164 valence electrons. The first-order chi connectivity index (χ1) is 15.6. The Morgan fingerprint density at radius 2 is 2.03 bits per heavy atom. The number of hydrogen-bond donors (Lipinski definition) is 0. The zero-order chi connectivity index (χ0) is 22.5. The number of halogens is 1. The second-order valence-electron chi connectivity index (χ2n) is 8.02. The van der Waals surface area contributed by atoms with E-state index in [9.17, 15) is 4.79 Å². The molecule has 4 rings (SSSR count). The zero-order valence-electron chi connectivity index (χ0n) is 18.0. The third-order valence-electron chi connectivity index (χ3n) is 5.79.